The van der Waals surface area contributed by atoms with E-state index in [1.54, 1.807) is 11.1 Å². The van der Waals surface area contributed by atoms with Gasteiger partial charge >= 0.3 is 21.7 Å². The van der Waals surface area contributed by atoms with Gasteiger partial charge in [0.15, 0.2) is 0 Å². The van der Waals surface area contributed by atoms with Gasteiger partial charge in [-0.2, -0.15) is 96.6 Å². The molecule has 4 aromatic rings. The molecule has 0 radical (unpaired) electrons. The van der Waals surface area contributed by atoms with Gasteiger partial charge < -0.3 is 0 Å². The van der Waals surface area contributed by atoms with Crippen molar-refractivity contribution in [3.8, 4) is 0 Å². The van der Waals surface area contributed by atoms with Crippen LogP contribution in [0.1, 0.15) is 46.2 Å². The molecule has 0 saturated heterocycles. The van der Waals surface area contributed by atoms with Gasteiger partial charge in [-0.1, -0.05) is 50.8 Å². The summed E-state index contributed by atoms with van der Waals surface area (Å²) in [5.41, 5.74) is 7.98. The summed E-state index contributed by atoms with van der Waals surface area (Å²) in [6.45, 7) is 13.4. The third-order valence-corrected chi connectivity index (χ3v) is 5.05. The van der Waals surface area contributed by atoms with Gasteiger partial charge in [0, 0.05) is 0 Å². The van der Waals surface area contributed by atoms with Gasteiger partial charge in [-0.3, -0.25) is 0 Å². The van der Waals surface area contributed by atoms with Crippen molar-refractivity contribution in [2.75, 3.05) is 0 Å². The van der Waals surface area contributed by atoms with Crippen LogP contribution in [-0.4, -0.2) is 0 Å². The number of hydrogen-bond donors (Lipinski definition) is 0. The van der Waals surface area contributed by atoms with Crippen LogP contribution < -0.4 is 0 Å². The van der Waals surface area contributed by atoms with E-state index in [0.29, 0.717) is 0 Å². The van der Waals surface area contributed by atoms with Crippen molar-refractivity contribution in [1.82, 2.24) is 0 Å². The zero-order chi connectivity index (χ0) is 22.3. The first kappa shape index (κ1) is 27.4. The van der Waals surface area contributed by atoms with E-state index < -0.39 is 0 Å². The fourth-order valence-corrected chi connectivity index (χ4v) is 3.32. The van der Waals surface area contributed by atoms with E-state index in [0.717, 1.165) is 16.7 Å². The number of rotatable bonds is 0. The summed E-state index contributed by atoms with van der Waals surface area (Å²) >= 11 is 0. The van der Waals surface area contributed by atoms with Crippen LogP contribution in [0.25, 0.3) is 0 Å². The van der Waals surface area contributed by atoms with Crippen LogP contribution >= 0.6 is 0 Å². The quantitative estimate of drug-likeness (QED) is 0.186. The fourth-order valence-electron chi connectivity index (χ4n) is 3.32. The van der Waals surface area contributed by atoms with Crippen molar-refractivity contribution in [3.05, 3.63) is 157 Å². The van der Waals surface area contributed by atoms with E-state index in [1.165, 1.54) is 31.2 Å². The van der Waals surface area contributed by atoms with E-state index in [2.05, 4.69) is 39.8 Å². The first-order valence-electron chi connectivity index (χ1n) is 10.9. The topological polar surface area (TPSA) is 0 Å². The number of fused-ring (bicyclic) bond motifs is 1. The molecule has 0 N–H and O–H groups in total. The molecule has 0 heterocycles. The van der Waals surface area contributed by atoms with Crippen molar-refractivity contribution < 1.29 is 21.7 Å². The summed E-state index contributed by atoms with van der Waals surface area (Å²) in [5.74, 6) is 0. The zero-order valence-corrected chi connectivity index (χ0v) is 20.8. The van der Waals surface area contributed by atoms with Crippen LogP contribution in [0, 0.1) is 27.7 Å². The molecule has 0 atom stereocenters. The Morgan fingerprint density at radius 3 is 1.25 bits per heavy atom. The van der Waals surface area contributed by atoms with E-state index in [1.807, 2.05) is 91.0 Å². The molecule has 1 aliphatic carbocycles. The Bertz CT molecular complexity index is 864. The molecule has 1 heteroatoms. The molecule has 0 unspecified atom stereocenters. The molecule has 5 rings (SSSR count). The molecule has 0 aliphatic heterocycles. The first-order chi connectivity index (χ1) is 15.1. The van der Waals surface area contributed by atoms with Gasteiger partial charge in [-0.05, 0) is 0 Å². The van der Waals surface area contributed by atoms with Gasteiger partial charge in [0.1, 0.15) is 0 Å². The molecule has 0 amide bonds. The second-order valence-corrected chi connectivity index (χ2v) is 7.68. The number of aryl methyl sites for hydroxylation is 2. The van der Waals surface area contributed by atoms with Crippen molar-refractivity contribution in [2.45, 2.75) is 32.6 Å². The average molecular weight is 454 g/mol. The van der Waals surface area contributed by atoms with Gasteiger partial charge in [0.25, 0.3) is 0 Å². The van der Waals surface area contributed by atoms with Crippen LogP contribution in [0.4, 0.5) is 0 Å². The predicted octanol–water partition coefficient (Wildman–Crippen LogP) is 8.20. The third kappa shape index (κ3) is 11.1. The summed E-state index contributed by atoms with van der Waals surface area (Å²) in [7, 11) is 0. The Hall–Kier alpha value is -2.67. The Morgan fingerprint density at radius 1 is 0.562 bits per heavy atom. The van der Waals surface area contributed by atoms with Gasteiger partial charge in [0.2, 0.25) is 0 Å². The van der Waals surface area contributed by atoms with Gasteiger partial charge in [-0.15, -0.1) is 36.4 Å². The molecule has 4 aromatic carbocycles. The first-order valence-corrected chi connectivity index (χ1v) is 10.9. The summed E-state index contributed by atoms with van der Waals surface area (Å²) in [6.07, 6.45) is 5.45. The maximum Gasteiger partial charge on any atom is 4.00 e. The molecule has 0 aromatic heterocycles. The number of benzene rings is 3. The largest absolute Gasteiger partial charge is 4.00 e. The zero-order valence-electron chi connectivity index (χ0n) is 19.3. The fraction of sp³-hybridized carbons (Fsp3) is 0.161. The Kier molecular flexibility index (Phi) is 13.7. The van der Waals surface area contributed by atoms with Gasteiger partial charge in [0.05, 0.1) is 0 Å². The minimum atomic E-state index is 0. The SMILES string of the molecule is C[c-]1ccc2c1CCCC2.[CH2-]c1ccccc1.[CH2-]c1ccccc1.[CH2-]c1ccccc1.[Ti+4]. The molecular weight excluding hydrogens is 420 g/mol. The molecule has 32 heavy (non-hydrogen) atoms. The van der Waals surface area contributed by atoms with E-state index in [-0.39, 0.29) is 21.7 Å². The number of hydrogen-bond acceptors (Lipinski definition) is 0. The van der Waals surface area contributed by atoms with Crippen LogP contribution in [0.15, 0.2) is 103 Å². The summed E-state index contributed by atoms with van der Waals surface area (Å²) in [4.78, 5) is 0. The van der Waals surface area contributed by atoms with Crippen LogP contribution in [0.2, 0.25) is 0 Å². The normalized spacial score (nSPS) is 10.9. The molecule has 0 nitrogen and oxygen atoms in total. The van der Waals surface area contributed by atoms with Crippen molar-refractivity contribution in [1.29, 1.82) is 0 Å². The summed E-state index contributed by atoms with van der Waals surface area (Å²) < 4.78 is 0. The standard InChI is InChI=1S/C10H13.3C7H7.Ti/c1-8-6-7-9-4-2-3-5-10(8)9;3*1-7-5-3-2-4-6-7;/h6-7H,2-5H2,1H3;3*2-6H,1H2;/q4*-1;+4. The maximum atomic E-state index is 3.72. The molecule has 0 bridgehead atoms. The average Bonchev–Trinajstić information content (AvgIpc) is 3.18. The van der Waals surface area contributed by atoms with Crippen molar-refractivity contribution in [3.63, 3.8) is 0 Å². The molecule has 1 aliphatic rings. The van der Waals surface area contributed by atoms with Gasteiger partial charge in [-0.25, -0.2) is 6.07 Å². The van der Waals surface area contributed by atoms with E-state index in [4.69, 9.17) is 0 Å². The Balaban J connectivity index is 0.000000214. The molecule has 0 saturated carbocycles. The predicted molar refractivity (Wildman–Crippen MR) is 136 cm³/mol. The Labute approximate surface area is 211 Å². The van der Waals surface area contributed by atoms with E-state index >= 15 is 0 Å². The monoisotopic (exact) mass is 454 g/mol. The second-order valence-electron chi connectivity index (χ2n) is 7.68. The third-order valence-electron chi connectivity index (χ3n) is 5.05. The molecule has 0 spiro atoms. The van der Waals surface area contributed by atoms with Crippen LogP contribution in [0.5, 0.6) is 0 Å². The summed E-state index contributed by atoms with van der Waals surface area (Å²) in [5, 5.41) is 0. The van der Waals surface area contributed by atoms with E-state index in [9.17, 15) is 0 Å². The summed E-state index contributed by atoms with van der Waals surface area (Å²) in [6, 6.07) is 34.2. The van der Waals surface area contributed by atoms with Crippen molar-refractivity contribution in [2.24, 2.45) is 0 Å². The molecule has 162 valence electrons. The molecule has 0 fully saturated rings. The van der Waals surface area contributed by atoms with Crippen molar-refractivity contribution >= 4 is 0 Å². The second kappa shape index (κ2) is 16.0. The minimum absolute atomic E-state index is 0. The molecular formula is C31H34Ti. The Morgan fingerprint density at radius 2 is 0.938 bits per heavy atom. The smallest absolute Gasteiger partial charge is 0.210 e. The van der Waals surface area contributed by atoms with Crippen LogP contribution in [-0.2, 0) is 34.6 Å². The van der Waals surface area contributed by atoms with Crippen LogP contribution in [0.3, 0.4) is 0 Å². The maximum absolute atomic E-state index is 3.72. The minimum Gasteiger partial charge on any atom is -0.210 e.